The van der Waals surface area contributed by atoms with Crippen molar-refractivity contribution in [2.75, 3.05) is 31.2 Å². The Morgan fingerprint density at radius 1 is 1.23 bits per heavy atom. The predicted octanol–water partition coefficient (Wildman–Crippen LogP) is 3.50. The van der Waals surface area contributed by atoms with Gasteiger partial charge in [0.25, 0.3) is 18.2 Å². The van der Waals surface area contributed by atoms with Crippen molar-refractivity contribution in [3.63, 3.8) is 0 Å². The van der Waals surface area contributed by atoms with Crippen molar-refractivity contribution < 1.29 is 40.0 Å². The standard InChI is InChI=1S/C23H27F5N6O4S2/c1-11-5-4-6-34(11)22(36)17-18(39-21(32-17)20(35)31-13-9-33(10-13)40(3,37)38)15-8-29-16(7-14(15)19(24)25)30-12(2)23(26,27)28/h7-8,11-13,19H,4-6,9-10H2,1-3H3,(H,29,30)(H,31,35)/t11-,12-/m0/s1. The average molecular weight is 611 g/mol. The highest BCUT2D eigenvalue weighted by Gasteiger charge is 2.38. The Kier molecular flexibility index (Phi) is 8.38. The smallest absolute Gasteiger partial charge is 0.359 e. The van der Waals surface area contributed by atoms with Crippen molar-refractivity contribution in [1.82, 2.24) is 24.5 Å². The molecule has 4 heterocycles. The topological polar surface area (TPSA) is 125 Å². The molecule has 10 nitrogen and oxygen atoms in total. The zero-order chi connectivity index (χ0) is 29.6. The minimum atomic E-state index is -4.64. The summed E-state index contributed by atoms with van der Waals surface area (Å²) in [6.45, 7) is 3.13. The summed E-state index contributed by atoms with van der Waals surface area (Å²) < 4.78 is 91.6. The van der Waals surface area contributed by atoms with Crippen molar-refractivity contribution in [3.05, 3.63) is 28.5 Å². The minimum Gasteiger partial charge on any atom is -0.359 e. The third-order valence-corrected chi connectivity index (χ3v) is 9.08. The third-order valence-electron chi connectivity index (χ3n) is 6.76. The van der Waals surface area contributed by atoms with Crippen LogP contribution in [0.15, 0.2) is 12.3 Å². The van der Waals surface area contributed by atoms with Gasteiger partial charge in [0.15, 0.2) is 5.01 Å². The molecule has 40 heavy (non-hydrogen) atoms. The normalized spacial score (nSPS) is 19.5. The van der Waals surface area contributed by atoms with Gasteiger partial charge in [0.05, 0.1) is 17.2 Å². The zero-order valence-corrected chi connectivity index (χ0v) is 23.3. The minimum absolute atomic E-state index is 0.0458. The quantitative estimate of drug-likeness (QED) is 0.439. The molecule has 2 amide bonds. The third kappa shape index (κ3) is 6.35. The molecular weight excluding hydrogens is 583 g/mol. The number of amides is 2. The Bertz CT molecular complexity index is 1390. The molecule has 0 bridgehead atoms. The number of carbonyl (C=O) groups excluding carboxylic acids is 2. The molecule has 17 heteroatoms. The summed E-state index contributed by atoms with van der Waals surface area (Å²) in [5, 5.41) is 4.46. The van der Waals surface area contributed by atoms with Crippen LogP contribution in [0.5, 0.6) is 0 Å². The number of sulfonamides is 1. The van der Waals surface area contributed by atoms with Gasteiger partial charge in [-0.1, -0.05) is 0 Å². The van der Waals surface area contributed by atoms with E-state index in [2.05, 4.69) is 15.3 Å². The van der Waals surface area contributed by atoms with E-state index in [1.165, 1.54) is 4.90 Å². The molecule has 0 saturated carbocycles. The maximum Gasteiger partial charge on any atom is 0.408 e. The van der Waals surface area contributed by atoms with Gasteiger partial charge in [0, 0.05) is 43.0 Å². The number of carbonyl (C=O) groups is 2. The van der Waals surface area contributed by atoms with Crippen LogP contribution in [0.3, 0.4) is 0 Å². The number of hydrogen-bond donors (Lipinski definition) is 2. The molecule has 0 aliphatic carbocycles. The predicted molar refractivity (Wildman–Crippen MR) is 137 cm³/mol. The average Bonchev–Trinajstić information content (AvgIpc) is 3.45. The highest BCUT2D eigenvalue weighted by atomic mass is 32.2. The Hall–Kier alpha value is -2.92. The van der Waals surface area contributed by atoms with Gasteiger partial charge in [-0.2, -0.15) is 17.5 Å². The van der Waals surface area contributed by atoms with Gasteiger partial charge in [0.2, 0.25) is 10.0 Å². The molecule has 2 aliphatic heterocycles. The molecule has 2 aliphatic rings. The Morgan fingerprint density at radius 3 is 2.45 bits per heavy atom. The van der Waals surface area contributed by atoms with E-state index in [1.54, 1.807) is 0 Å². The molecule has 2 aromatic heterocycles. The largest absolute Gasteiger partial charge is 0.408 e. The highest BCUT2D eigenvalue weighted by molar-refractivity contribution is 7.88. The van der Waals surface area contributed by atoms with E-state index in [-0.39, 0.29) is 40.3 Å². The monoisotopic (exact) mass is 610 g/mol. The molecule has 2 atom stereocenters. The molecule has 2 saturated heterocycles. The number of nitrogens with zero attached hydrogens (tertiary/aromatic N) is 4. The fourth-order valence-corrected chi connectivity index (χ4v) is 6.28. The van der Waals surface area contributed by atoms with Gasteiger partial charge in [0.1, 0.15) is 17.6 Å². The Labute approximate surface area is 231 Å². The fourth-order valence-electron chi connectivity index (χ4n) is 4.39. The van der Waals surface area contributed by atoms with Crippen LogP contribution in [0.4, 0.5) is 27.8 Å². The van der Waals surface area contributed by atoms with Crippen LogP contribution < -0.4 is 10.6 Å². The molecule has 0 unspecified atom stereocenters. The van der Waals surface area contributed by atoms with Gasteiger partial charge in [-0.15, -0.1) is 11.3 Å². The number of aromatic nitrogens is 2. The van der Waals surface area contributed by atoms with Crippen LogP contribution in [0.2, 0.25) is 0 Å². The van der Waals surface area contributed by atoms with Crippen molar-refractivity contribution >= 4 is 39.0 Å². The lowest BCUT2D eigenvalue weighted by Crippen LogP contribution is -2.60. The molecule has 2 N–H and O–H groups in total. The van der Waals surface area contributed by atoms with Gasteiger partial charge in [-0.25, -0.2) is 27.2 Å². The number of hydrogen-bond acceptors (Lipinski definition) is 8. The van der Waals surface area contributed by atoms with E-state index in [0.29, 0.717) is 17.9 Å². The number of alkyl halides is 5. The lowest BCUT2D eigenvalue weighted by atomic mass is 10.1. The number of rotatable bonds is 8. The van der Waals surface area contributed by atoms with Gasteiger partial charge < -0.3 is 15.5 Å². The van der Waals surface area contributed by atoms with Crippen LogP contribution in [0.1, 0.15) is 59.0 Å². The maximum absolute atomic E-state index is 14.2. The molecular formula is C23H27F5N6O4S2. The van der Waals surface area contributed by atoms with Crippen LogP contribution in [0, 0.1) is 0 Å². The van der Waals surface area contributed by atoms with E-state index in [4.69, 9.17) is 0 Å². The fraction of sp³-hybridized carbons (Fsp3) is 0.565. The first-order valence-corrected chi connectivity index (χ1v) is 14.9. The van der Waals surface area contributed by atoms with Crippen molar-refractivity contribution in [2.45, 2.75) is 57.4 Å². The first-order chi connectivity index (χ1) is 18.6. The SMILES string of the molecule is C[C@H](Nc1cc(C(F)F)c(-c2sc(C(=O)NC3CN(S(C)(=O)=O)C3)nc2C(=O)N2CCC[C@@H]2C)cn1)C(F)(F)F. The summed E-state index contributed by atoms with van der Waals surface area (Å²) in [5.41, 5.74) is -1.17. The van der Waals surface area contributed by atoms with Crippen molar-refractivity contribution in [2.24, 2.45) is 0 Å². The molecule has 0 radical (unpaired) electrons. The van der Waals surface area contributed by atoms with E-state index in [0.717, 1.165) is 42.6 Å². The summed E-state index contributed by atoms with van der Waals surface area (Å²) in [6.07, 6.45) is -4.38. The van der Waals surface area contributed by atoms with E-state index in [1.807, 2.05) is 12.2 Å². The number of nitrogens with one attached hydrogen (secondary N) is 2. The second-order valence-corrected chi connectivity index (χ2v) is 12.8. The number of likely N-dealkylation sites (tertiary alicyclic amines) is 1. The van der Waals surface area contributed by atoms with Crippen LogP contribution in [0.25, 0.3) is 10.4 Å². The second-order valence-electron chi connectivity index (χ2n) is 9.80. The molecule has 2 aromatic rings. The summed E-state index contributed by atoms with van der Waals surface area (Å²) >= 11 is 0.671. The lowest BCUT2D eigenvalue weighted by molar-refractivity contribution is -0.138. The molecule has 4 rings (SSSR count). The lowest BCUT2D eigenvalue weighted by Gasteiger charge is -2.37. The van der Waals surface area contributed by atoms with Crippen LogP contribution in [-0.4, -0.2) is 89.6 Å². The molecule has 2 fully saturated rings. The zero-order valence-electron chi connectivity index (χ0n) is 21.6. The van der Waals surface area contributed by atoms with Crippen LogP contribution in [-0.2, 0) is 10.0 Å². The number of thiazole rings is 1. The first kappa shape index (κ1) is 30.0. The summed E-state index contributed by atoms with van der Waals surface area (Å²) in [6, 6.07) is -1.94. The van der Waals surface area contributed by atoms with E-state index in [9.17, 15) is 40.0 Å². The van der Waals surface area contributed by atoms with Gasteiger partial charge in [-0.05, 0) is 32.8 Å². The number of pyridine rings is 1. The van der Waals surface area contributed by atoms with Crippen LogP contribution >= 0.6 is 11.3 Å². The Balaban J connectivity index is 1.69. The number of halogens is 5. The molecule has 220 valence electrons. The van der Waals surface area contributed by atoms with E-state index >= 15 is 0 Å². The van der Waals surface area contributed by atoms with E-state index < -0.39 is 57.9 Å². The highest BCUT2D eigenvalue weighted by Crippen LogP contribution is 2.39. The molecule has 0 aromatic carbocycles. The maximum atomic E-state index is 14.2. The summed E-state index contributed by atoms with van der Waals surface area (Å²) in [7, 11) is -3.42. The summed E-state index contributed by atoms with van der Waals surface area (Å²) in [4.78, 5) is 35.9. The number of anilines is 1. The second kappa shape index (κ2) is 11.2. The first-order valence-electron chi connectivity index (χ1n) is 12.3. The molecule has 0 spiro atoms. The van der Waals surface area contributed by atoms with Crippen molar-refractivity contribution in [3.8, 4) is 10.4 Å². The van der Waals surface area contributed by atoms with Crippen molar-refractivity contribution in [1.29, 1.82) is 0 Å². The van der Waals surface area contributed by atoms with Gasteiger partial charge in [-0.3, -0.25) is 9.59 Å². The van der Waals surface area contributed by atoms with Gasteiger partial charge >= 0.3 is 6.18 Å². The summed E-state index contributed by atoms with van der Waals surface area (Å²) in [5.74, 6) is -1.73. The Morgan fingerprint density at radius 2 is 1.90 bits per heavy atom.